The van der Waals surface area contributed by atoms with Crippen LogP contribution in [0.15, 0.2) is 6.07 Å². The van der Waals surface area contributed by atoms with Crippen molar-refractivity contribution in [3.63, 3.8) is 0 Å². The number of ether oxygens (including phenoxy) is 1. The molecule has 2 heterocycles. The van der Waals surface area contributed by atoms with E-state index in [1.807, 2.05) is 13.0 Å². The van der Waals surface area contributed by atoms with Crippen LogP contribution in [0.5, 0.6) is 0 Å². The van der Waals surface area contributed by atoms with Crippen molar-refractivity contribution in [2.75, 3.05) is 19.8 Å². The molecule has 0 radical (unpaired) electrons. The third kappa shape index (κ3) is 2.58. The first-order valence-electron chi connectivity index (χ1n) is 7.35. The number of carbonyl (C=O) groups excluding carboxylic acids is 1. The molecule has 0 aromatic carbocycles. The monoisotopic (exact) mass is 309 g/mol. The third-order valence-electron chi connectivity index (χ3n) is 4.33. The van der Waals surface area contributed by atoms with E-state index in [0.717, 1.165) is 17.7 Å². The van der Waals surface area contributed by atoms with Gasteiger partial charge in [-0.25, -0.2) is 0 Å². The standard InChI is InChI=1S/C15H19NO4S/c1-2-16(11-8-20-7-10(11)15(18)19)14(17)13-6-9-4-3-5-12(9)21-13/h6,10-11H,2-5,7-8H2,1H3,(H,18,19). The van der Waals surface area contributed by atoms with Gasteiger partial charge in [0.15, 0.2) is 0 Å². The zero-order valence-corrected chi connectivity index (χ0v) is 12.8. The molecule has 1 aromatic heterocycles. The SMILES string of the molecule is CCN(C(=O)c1cc2c(s1)CCC2)C1COCC1C(=O)O. The normalized spacial score (nSPS) is 24.0. The van der Waals surface area contributed by atoms with Crippen molar-refractivity contribution in [2.24, 2.45) is 5.92 Å². The van der Waals surface area contributed by atoms with Gasteiger partial charge in [0.05, 0.1) is 24.1 Å². The van der Waals surface area contributed by atoms with Gasteiger partial charge in [-0.2, -0.15) is 0 Å². The van der Waals surface area contributed by atoms with Gasteiger partial charge in [0.2, 0.25) is 0 Å². The van der Waals surface area contributed by atoms with Gasteiger partial charge in [0.25, 0.3) is 5.91 Å². The van der Waals surface area contributed by atoms with E-state index in [-0.39, 0.29) is 18.6 Å². The molecule has 114 valence electrons. The number of aliphatic carboxylic acids is 1. The van der Waals surface area contributed by atoms with Crippen LogP contribution in [0.1, 0.15) is 33.5 Å². The van der Waals surface area contributed by atoms with Crippen molar-refractivity contribution >= 4 is 23.2 Å². The first kappa shape index (κ1) is 14.5. The topological polar surface area (TPSA) is 66.8 Å². The fourth-order valence-electron chi connectivity index (χ4n) is 3.19. The summed E-state index contributed by atoms with van der Waals surface area (Å²) in [5.74, 6) is -1.57. The van der Waals surface area contributed by atoms with E-state index < -0.39 is 11.9 Å². The minimum atomic E-state index is -0.891. The number of carbonyl (C=O) groups is 2. The number of carboxylic acids is 1. The highest BCUT2D eigenvalue weighted by Crippen LogP contribution is 2.32. The van der Waals surface area contributed by atoms with Gasteiger partial charge in [-0.05, 0) is 37.8 Å². The quantitative estimate of drug-likeness (QED) is 0.921. The molecule has 1 saturated heterocycles. The number of amides is 1. The lowest BCUT2D eigenvalue weighted by atomic mass is 10.0. The zero-order chi connectivity index (χ0) is 15.0. The molecule has 5 nitrogen and oxygen atoms in total. The summed E-state index contributed by atoms with van der Waals surface area (Å²) < 4.78 is 5.29. The van der Waals surface area contributed by atoms with Crippen molar-refractivity contribution in [3.8, 4) is 0 Å². The average molecular weight is 309 g/mol. The Morgan fingerprint density at radius 3 is 2.90 bits per heavy atom. The van der Waals surface area contributed by atoms with Gasteiger partial charge in [-0.15, -0.1) is 11.3 Å². The molecule has 21 heavy (non-hydrogen) atoms. The number of nitrogens with zero attached hydrogens (tertiary/aromatic N) is 1. The predicted octanol–water partition coefficient (Wildman–Crippen LogP) is 1.80. The highest BCUT2D eigenvalue weighted by Gasteiger charge is 2.40. The zero-order valence-electron chi connectivity index (χ0n) is 12.0. The maximum Gasteiger partial charge on any atom is 0.311 e. The van der Waals surface area contributed by atoms with Crippen LogP contribution >= 0.6 is 11.3 Å². The first-order chi connectivity index (χ1) is 10.1. The Morgan fingerprint density at radius 1 is 1.43 bits per heavy atom. The minimum Gasteiger partial charge on any atom is -0.481 e. The molecule has 1 aliphatic carbocycles. The minimum absolute atomic E-state index is 0.0568. The van der Waals surface area contributed by atoms with Gasteiger partial charge >= 0.3 is 5.97 Å². The summed E-state index contributed by atoms with van der Waals surface area (Å²) in [5, 5.41) is 9.26. The number of fused-ring (bicyclic) bond motifs is 1. The molecule has 2 atom stereocenters. The van der Waals surface area contributed by atoms with Crippen molar-refractivity contribution in [1.29, 1.82) is 0 Å². The van der Waals surface area contributed by atoms with Gasteiger partial charge < -0.3 is 14.7 Å². The first-order valence-corrected chi connectivity index (χ1v) is 8.16. The molecular weight excluding hydrogens is 290 g/mol. The van der Waals surface area contributed by atoms with Crippen LogP contribution in [-0.4, -0.2) is 47.7 Å². The summed E-state index contributed by atoms with van der Waals surface area (Å²) in [6.45, 7) is 2.88. The number of rotatable bonds is 4. The summed E-state index contributed by atoms with van der Waals surface area (Å²) in [6.07, 6.45) is 3.28. The number of carboxylic acid groups (broad SMARTS) is 1. The Morgan fingerprint density at radius 2 is 2.24 bits per heavy atom. The average Bonchev–Trinajstić information content (AvgIpc) is 3.14. The van der Waals surface area contributed by atoms with E-state index in [9.17, 15) is 14.7 Å². The second kappa shape index (κ2) is 5.77. The lowest BCUT2D eigenvalue weighted by molar-refractivity contribution is -0.142. The Hall–Kier alpha value is -1.40. The molecule has 1 amide bonds. The predicted molar refractivity (Wildman–Crippen MR) is 78.8 cm³/mol. The van der Waals surface area contributed by atoms with Crippen molar-refractivity contribution in [2.45, 2.75) is 32.2 Å². The summed E-state index contributed by atoms with van der Waals surface area (Å²) in [6, 6.07) is 1.63. The number of thiophene rings is 1. The summed E-state index contributed by atoms with van der Waals surface area (Å²) in [7, 11) is 0. The van der Waals surface area contributed by atoms with E-state index in [4.69, 9.17) is 4.74 Å². The molecule has 1 aromatic rings. The fourth-order valence-corrected chi connectivity index (χ4v) is 4.40. The molecule has 2 aliphatic rings. The summed E-state index contributed by atoms with van der Waals surface area (Å²) in [5.41, 5.74) is 1.29. The van der Waals surface area contributed by atoms with E-state index in [1.54, 1.807) is 16.2 Å². The van der Waals surface area contributed by atoms with Crippen LogP contribution in [-0.2, 0) is 22.4 Å². The number of likely N-dealkylation sites (N-methyl/N-ethyl adjacent to an activating group) is 1. The van der Waals surface area contributed by atoms with Crippen LogP contribution in [0.25, 0.3) is 0 Å². The Balaban J connectivity index is 1.81. The highest BCUT2D eigenvalue weighted by molar-refractivity contribution is 7.14. The van der Waals surface area contributed by atoms with E-state index in [1.165, 1.54) is 16.9 Å². The molecular formula is C15H19NO4S. The van der Waals surface area contributed by atoms with E-state index in [2.05, 4.69) is 0 Å². The highest BCUT2D eigenvalue weighted by atomic mass is 32.1. The molecule has 3 rings (SSSR count). The molecule has 2 unspecified atom stereocenters. The second-order valence-corrected chi connectivity index (χ2v) is 6.69. The van der Waals surface area contributed by atoms with Crippen molar-refractivity contribution in [3.05, 3.63) is 21.4 Å². The Labute approximate surface area is 127 Å². The van der Waals surface area contributed by atoms with Crippen LogP contribution < -0.4 is 0 Å². The number of hydrogen-bond donors (Lipinski definition) is 1. The number of hydrogen-bond acceptors (Lipinski definition) is 4. The summed E-state index contributed by atoms with van der Waals surface area (Å²) in [4.78, 5) is 27.7. The lowest BCUT2D eigenvalue weighted by Crippen LogP contribution is -2.46. The van der Waals surface area contributed by atoms with Gasteiger partial charge in [-0.3, -0.25) is 9.59 Å². The largest absolute Gasteiger partial charge is 0.481 e. The molecule has 0 saturated carbocycles. The van der Waals surface area contributed by atoms with Crippen LogP contribution in [0.3, 0.4) is 0 Å². The maximum atomic E-state index is 12.7. The van der Waals surface area contributed by atoms with Crippen LogP contribution in [0.2, 0.25) is 0 Å². The van der Waals surface area contributed by atoms with Gasteiger partial charge in [0.1, 0.15) is 5.92 Å². The van der Waals surface area contributed by atoms with E-state index >= 15 is 0 Å². The van der Waals surface area contributed by atoms with Crippen LogP contribution in [0.4, 0.5) is 0 Å². The molecule has 1 aliphatic heterocycles. The van der Waals surface area contributed by atoms with Crippen molar-refractivity contribution in [1.82, 2.24) is 4.90 Å². The fraction of sp³-hybridized carbons (Fsp3) is 0.600. The molecule has 0 bridgehead atoms. The number of aryl methyl sites for hydroxylation is 2. The Kier molecular flexibility index (Phi) is 3.99. The smallest absolute Gasteiger partial charge is 0.311 e. The molecule has 1 fully saturated rings. The second-order valence-electron chi connectivity index (χ2n) is 5.55. The van der Waals surface area contributed by atoms with Gasteiger partial charge in [-0.1, -0.05) is 0 Å². The molecule has 0 spiro atoms. The Bertz CT molecular complexity index is 547. The van der Waals surface area contributed by atoms with E-state index in [0.29, 0.717) is 13.2 Å². The maximum absolute atomic E-state index is 12.7. The van der Waals surface area contributed by atoms with Crippen molar-refractivity contribution < 1.29 is 19.4 Å². The van der Waals surface area contributed by atoms with Gasteiger partial charge in [0, 0.05) is 11.4 Å². The summed E-state index contributed by atoms with van der Waals surface area (Å²) >= 11 is 1.56. The van der Waals surface area contributed by atoms with Crippen LogP contribution in [0, 0.1) is 5.92 Å². The molecule has 1 N–H and O–H groups in total. The molecule has 6 heteroatoms. The lowest BCUT2D eigenvalue weighted by Gasteiger charge is -2.28. The third-order valence-corrected chi connectivity index (χ3v) is 5.55.